The highest BCUT2D eigenvalue weighted by atomic mass is 32.2. The van der Waals surface area contributed by atoms with E-state index >= 15 is 0 Å². The molecule has 1 saturated heterocycles. The van der Waals surface area contributed by atoms with Crippen molar-refractivity contribution in [3.05, 3.63) is 66.9 Å². The van der Waals surface area contributed by atoms with Gasteiger partial charge in [0, 0.05) is 42.4 Å². The molecule has 4 aromatic rings. The van der Waals surface area contributed by atoms with Gasteiger partial charge >= 0.3 is 0 Å². The fraction of sp³-hybridized carbons (Fsp3) is 0.240. The van der Waals surface area contributed by atoms with Gasteiger partial charge in [-0.05, 0) is 48.7 Å². The van der Waals surface area contributed by atoms with Gasteiger partial charge in [-0.15, -0.1) is 0 Å². The second-order valence-electron chi connectivity index (χ2n) is 8.02. The Balaban J connectivity index is 1.65. The van der Waals surface area contributed by atoms with E-state index in [-0.39, 0.29) is 11.0 Å². The van der Waals surface area contributed by atoms with Gasteiger partial charge in [0.15, 0.2) is 9.84 Å². The fourth-order valence-corrected chi connectivity index (χ4v) is 4.77. The minimum atomic E-state index is -3.28. The monoisotopic (exact) mass is 448 g/mol. The molecular formula is C25H24N2O4S. The van der Waals surface area contributed by atoms with Gasteiger partial charge in [-0.3, -0.25) is 0 Å². The minimum Gasteiger partial charge on any atom is -0.437 e. The minimum absolute atomic E-state index is 0.202. The summed E-state index contributed by atoms with van der Waals surface area (Å²) in [6, 6.07) is 18.7. The summed E-state index contributed by atoms with van der Waals surface area (Å²) in [4.78, 5) is 4.75. The quantitative estimate of drug-likeness (QED) is 0.439. The first-order valence-corrected chi connectivity index (χ1v) is 12.5. The van der Waals surface area contributed by atoms with Crippen LogP contribution in [-0.2, 0) is 14.6 Å². The lowest BCUT2D eigenvalue weighted by Gasteiger charge is -2.13. The zero-order valence-electron chi connectivity index (χ0n) is 17.7. The molecule has 0 radical (unpaired) electrons. The third-order valence-corrected chi connectivity index (χ3v) is 6.87. The molecule has 6 nitrogen and oxygen atoms in total. The van der Waals surface area contributed by atoms with Crippen LogP contribution in [0.4, 0.5) is 5.69 Å². The Morgan fingerprint density at radius 3 is 2.50 bits per heavy atom. The zero-order chi connectivity index (χ0) is 22.1. The first-order chi connectivity index (χ1) is 15.5. The Hall–Kier alpha value is -3.16. The standard InChI is InChI=1S/C25H24N2O4S/c1-32(28,29)20-11-9-18(10-12-20)24-22(17-6-3-2-4-7-17)23-21(13-14-26-25(23)31-24)27-16-19-8-5-15-30-19/h2-4,6-7,9-14,19H,5,8,15-16H2,1H3,(H,26,27). The highest BCUT2D eigenvalue weighted by Gasteiger charge is 2.22. The number of pyridine rings is 1. The highest BCUT2D eigenvalue weighted by Crippen LogP contribution is 2.43. The van der Waals surface area contributed by atoms with E-state index in [0.717, 1.165) is 53.8 Å². The van der Waals surface area contributed by atoms with E-state index in [9.17, 15) is 8.42 Å². The van der Waals surface area contributed by atoms with Crippen LogP contribution in [0.5, 0.6) is 0 Å². The number of anilines is 1. The van der Waals surface area contributed by atoms with Gasteiger partial charge in [0.2, 0.25) is 5.71 Å². The van der Waals surface area contributed by atoms with Crippen molar-refractivity contribution in [1.29, 1.82) is 0 Å². The van der Waals surface area contributed by atoms with E-state index in [1.807, 2.05) is 36.4 Å². The summed E-state index contributed by atoms with van der Waals surface area (Å²) in [6.45, 7) is 1.53. The molecule has 0 aliphatic carbocycles. The number of sulfone groups is 1. The predicted molar refractivity (Wildman–Crippen MR) is 125 cm³/mol. The van der Waals surface area contributed by atoms with Crippen LogP contribution in [0.2, 0.25) is 0 Å². The summed E-state index contributed by atoms with van der Waals surface area (Å²) in [7, 11) is -3.28. The van der Waals surface area contributed by atoms with Crippen LogP contribution in [0.25, 0.3) is 33.6 Å². The SMILES string of the molecule is CS(=O)(=O)c1ccc(-c2oc3nccc(NCC4CCCO4)c3c2-c2ccccc2)cc1. The number of benzene rings is 2. The van der Waals surface area contributed by atoms with Gasteiger partial charge in [0.05, 0.1) is 16.4 Å². The van der Waals surface area contributed by atoms with Gasteiger partial charge in [0.25, 0.3) is 0 Å². The van der Waals surface area contributed by atoms with Gasteiger partial charge in [-0.1, -0.05) is 30.3 Å². The number of hydrogen-bond donors (Lipinski definition) is 1. The lowest BCUT2D eigenvalue weighted by molar-refractivity contribution is 0.120. The van der Waals surface area contributed by atoms with Crippen molar-refractivity contribution in [3.63, 3.8) is 0 Å². The topological polar surface area (TPSA) is 81.4 Å². The molecule has 7 heteroatoms. The second kappa shape index (κ2) is 8.41. The summed E-state index contributed by atoms with van der Waals surface area (Å²) in [5.41, 5.74) is 4.19. The van der Waals surface area contributed by atoms with Crippen LogP contribution in [0.15, 0.2) is 76.2 Å². The summed E-state index contributed by atoms with van der Waals surface area (Å²) >= 11 is 0. The van der Waals surface area contributed by atoms with Crippen molar-refractivity contribution in [2.75, 3.05) is 24.7 Å². The van der Waals surface area contributed by atoms with Gasteiger partial charge in [-0.25, -0.2) is 13.4 Å². The second-order valence-corrected chi connectivity index (χ2v) is 10.0. The Kier molecular flexibility index (Phi) is 5.45. The van der Waals surface area contributed by atoms with E-state index in [1.165, 1.54) is 6.26 Å². The van der Waals surface area contributed by atoms with E-state index in [4.69, 9.17) is 9.15 Å². The zero-order valence-corrected chi connectivity index (χ0v) is 18.6. The number of furan rings is 1. The van der Waals surface area contributed by atoms with Crippen LogP contribution >= 0.6 is 0 Å². The largest absolute Gasteiger partial charge is 0.437 e. The van der Waals surface area contributed by atoms with E-state index in [0.29, 0.717) is 11.5 Å². The van der Waals surface area contributed by atoms with Gasteiger partial charge in [-0.2, -0.15) is 0 Å². The molecule has 1 atom stereocenters. The number of fused-ring (bicyclic) bond motifs is 1. The highest BCUT2D eigenvalue weighted by molar-refractivity contribution is 7.90. The van der Waals surface area contributed by atoms with Crippen molar-refractivity contribution in [3.8, 4) is 22.5 Å². The van der Waals surface area contributed by atoms with E-state index < -0.39 is 9.84 Å². The predicted octanol–water partition coefficient (Wildman–Crippen LogP) is 5.16. The molecule has 5 rings (SSSR count). The van der Waals surface area contributed by atoms with Crippen molar-refractivity contribution >= 4 is 26.6 Å². The molecule has 32 heavy (non-hydrogen) atoms. The number of nitrogens with zero attached hydrogens (tertiary/aromatic N) is 1. The van der Waals surface area contributed by atoms with E-state index in [1.54, 1.807) is 30.5 Å². The fourth-order valence-electron chi connectivity index (χ4n) is 4.14. The third-order valence-electron chi connectivity index (χ3n) is 5.74. The van der Waals surface area contributed by atoms with Crippen LogP contribution in [0.3, 0.4) is 0 Å². The van der Waals surface area contributed by atoms with Crippen molar-refractivity contribution in [2.45, 2.75) is 23.8 Å². The molecule has 2 aromatic carbocycles. The lowest BCUT2D eigenvalue weighted by atomic mass is 9.98. The number of nitrogens with one attached hydrogen (secondary N) is 1. The Morgan fingerprint density at radius 1 is 1.03 bits per heavy atom. The molecule has 3 heterocycles. The average Bonchev–Trinajstić information content (AvgIpc) is 3.46. The summed E-state index contributed by atoms with van der Waals surface area (Å²) in [6.07, 6.45) is 5.28. The molecule has 1 aliphatic rings. The first-order valence-electron chi connectivity index (χ1n) is 10.6. The van der Waals surface area contributed by atoms with Crippen LogP contribution in [-0.4, -0.2) is 38.9 Å². The molecule has 164 valence electrons. The summed E-state index contributed by atoms with van der Waals surface area (Å²) < 4.78 is 35.8. The third kappa shape index (κ3) is 4.01. The Bertz CT molecular complexity index is 1340. The number of hydrogen-bond acceptors (Lipinski definition) is 6. The Labute approximate surface area is 187 Å². The molecule has 1 unspecified atom stereocenters. The lowest BCUT2D eigenvalue weighted by Crippen LogP contribution is -2.18. The molecule has 2 aromatic heterocycles. The number of aromatic nitrogens is 1. The van der Waals surface area contributed by atoms with Gasteiger partial charge in [0.1, 0.15) is 5.76 Å². The maximum absolute atomic E-state index is 11.9. The molecule has 0 saturated carbocycles. The van der Waals surface area contributed by atoms with Crippen molar-refractivity contribution < 1.29 is 17.6 Å². The normalized spacial score (nSPS) is 16.5. The number of ether oxygens (including phenoxy) is 1. The Morgan fingerprint density at radius 2 is 1.81 bits per heavy atom. The average molecular weight is 449 g/mol. The van der Waals surface area contributed by atoms with E-state index in [2.05, 4.69) is 10.3 Å². The first kappa shape index (κ1) is 20.7. The molecular weight excluding hydrogens is 424 g/mol. The number of rotatable bonds is 6. The summed E-state index contributed by atoms with van der Waals surface area (Å²) in [5, 5.41) is 4.43. The molecule has 0 bridgehead atoms. The van der Waals surface area contributed by atoms with Crippen LogP contribution in [0.1, 0.15) is 12.8 Å². The van der Waals surface area contributed by atoms with Crippen LogP contribution in [0, 0.1) is 0 Å². The molecule has 0 spiro atoms. The molecule has 1 aliphatic heterocycles. The molecule has 1 N–H and O–H groups in total. The van der Waals surface area contributed by atoms with Crippen LogP contribution < -0.4 is 5.32 Å². The van der Waals surface area contributed by atoms with Crippen molar-refractivity contribution in [2.24, 2.45) is 0 Å². The van der Waals surface area contributed by atoms with Crippen molar-refractivity contribution in [1.82, 2.24) is 4.98 Å². The van der Waals surface area contributed by atoms with Gasteiger partial charge < -0.3 is 14.5 Å². The smallest absolute Gasteiger partial charge is 0.229 e. The maximum Gasteiger partial charge on any atom is 0.229 e. The summed E-state index contributed by atoms with van der Waals surface area (Å²) in [5.74, 6) is 0.658. The molecule has 1 fully saturated rings. The maximum atomic E-state index is 11.9. The molecule has 0 amide bonds.